The summed E-state index contributed by atoms with van der Waals surface area (Å²) < 4.78 is 13.2. The van der Waals surface area contributed by atoms with Crippen LogP contribution in [0.5, 0.6) is 0 Å². The molecule has 1 saturated heterocycles. The van der Waals surface area contributed by atoms with Gasteiger partial charge in [-0.15, -0.1) is 0 Å². The number of rotatable bonds is 3. The van der Waals surface area contributed by atoms with Crippen LogP contribution in [0.25, 0.3) is 0 Å². The second kappa shape index (κ2) is 7.35. The largest absolute Gasteiger partial charge is 0.356 e. The van der Waals surface area contributed by atoms with Gasteiger partial charge in [0.25, 0.3) is 5.91 Å². The van der Waals surface area contributed by atoms with Crippen molar-refractivity contribution in [1.29, 1.82) is 0 Å². The first kappa shape index (κ1) is 17.6. The number of anilines is 2. The van der Waals surface area contributed by atoms with E-state index in [1.165, 1.54) is 18.2 Å². The summed E-state index contributed by atoms with van der Waals surface area (Å²) in [7, 11) is 0. The van der Waals surface area contributed by atoms with Crippen molar-refractivity contribution in [3.63, 3.8) is 0 Å². The van der Waals surface area contributed by atoms with Crippen molar-refractivity contribution in [1.82, 2.24) is 9.97 Å². The van der Waals surface area contributed by atoms with Crippen molar-refractivity contribution in [3.8, 4) is 0 Å². The molecule has 1 aromatic heterocycles. The van der Waals surface area contributed by atoms with E-state index in [1.807, 2.05) is 0 Å². The summed E-state index contributed by atoms with van der Waals surface area (Å²) in [5.74, 6) is 1.12. The predicted octanol–water partition coefficient (Wildman–Crippen LogP) is 4.07. The summed E-state index contributed by atoms with van der Waals surface area (Å²) in [6.45, 7) is 5.86. The Bertz CT molecular complexity index is 791. The number of benzene rings is 1. The van der Waals surface area contributed by atoms with Crippen molar-refractivity contribution in [2.45, 2.75) is 26.7 Å². The molecule has 0 unspecified atom stereocenters. The van der Waals surface area contributed by atoms with Crippen LogP contribution in [-0.2, 0) is 0 Å². The van der Waals surface area contributed by atoms with Gasteiger partial charge >= 0.3 is 0 Å². The molecule has 2 aromatic rings. The number of amides is 1. The highest BCUT2D eigenvalue weighted by Gasteiger charge is 2.19. The predicted molar refractivity (Wildman–Crippen MR) is 96.7 cm³/mol. The Labute approximate surface area is 151 Å². The van der Waals surface area contributed by atoms with Crippen LogP contribution in [0.2, 0.25) is 5.02 Å². The number of hydrogen-bond donors (Lipinski definition) is 1. The van der Waals surface area contributed by atoms with Crippen LogP contribution < -0.4 is 10.2 Å². The molecule has 2 heterocycles. The molecule has 0 atom stereocenters. The van der Waals surface area contributed by atoms with E-state index in [0.717, 1.165) is 31.7 Å². The maximum atomic E-state index is 13.2. The second-order valence-electron chi connectivity index (χ2n) is 6.41. The van der Waals surface area contributed by atoms with Gasteiger partial charge in [-0.05, 0) is 43.9 Å². The lowest BCUT2D eigenvalue weighted by atomic mass is 9.99. The van der Waals surface area contributed by atoms with Crippen molar-refractivity contribution in [3.05, 3.63) is 46.6 Å². The standard InChI is InChI=1S/C18H20ClFN4O/c1-11-5-7-24(8-6-11)17-10-16(21-12(2)22-17)18(25)23-13-3-4-15(20)14(19)9-13/h3-4,9-11H,5-8H2,1-2H3,(H,23,25). The van der Waals surface area contributed by atoms with Gasteiger partial charge in [-0.25, -0.2) is 14.4 Å². The molecule has 1 aromatic carbocycles. The van der Waals surface area contributed by atoms with Crippen molar-refractivity contribution >= 4 is 29.0 Å². The Morgan fingerprint density at radius 3 is 2.68 bits per heavy atom. The maximum absolute atomic E-state index is 13.2. The number of nitrogens with one attached hydrogen (secondary N) is 1. The molecule has 1 fully saturated rings. The van der Waals surface area contributed by atoms with E-state index in [-0.39, 0.29) is 16.6 Å². The third-order valence-electron chi connectivity index (χ3n) is 4.34. The van der Waals surface area contributed by atoms with Gasteiger partial charge in [-0.2, -0.15) is 0 Å². The number of aryl methyl sites for hydroxylation is 1. The molecule has 0 radical (unpaired) electrons. The number of halogens is 2. The zero-order valence-corrected chi connectivity index (χ0v) is 15.0. The zero-order valence-electron chi connectivity index (χ0n) is 14.2. The van der Waals surface area contributed by atoms with E-state index in [2.05, 4.69) is 27.1 Å². The Morgan fingerprint density at radius 1 is 1.28 bits per heavy atom. The summed E-state index contributed by atoms with van der Waals surface area (Å²) in [5.41, 5.74) is 0.697. The number of carbonyl (C=O) groups is 1. The first-order chi connectivity index (χ1) is 11.9. The molecule has 5 nitrogen and oxygen atoms in total. The van der Waals surface area contributed by atoms with Crippen LogP contribution in [0, 0.1) is 18.7 Å². The molecular formula is C18H20ClFN4O. The average Bonchev–Trinajstić information content (AvgIpc) is 2.58. The van der Waals surface area contributed by atoms with E-state index in [9.17, 15) is 9.18 Å². The second-order valence-corrected chi connectivity index (χ2v) is 6.82. The van der Waals surface area contributed by atoms with E-state index in [1.54, 1.807) is 13.0 Å². The smallest absolute Gasteiger partial charge is 0.274 e. The number of piperidine rings is 1. The SMILES string of the molecule is Cc1nc(C(=O)Nc2ccc(F)c(Cl)c2)cc(N2CCC(C)CC2)n1. The molecular weight excluding hydrogens is 343 g/mol. The molecule has 0 saturated carbocycles. The van der Waals surface area contributed by atoms with Gasteiger partial charge in [-0.1, -0.05) is 18.5 Å². The average molecular weight is 363 g/mol. The Hall–Kier alpha value is -2.21. The van der Waals surface area contributed by atoms with Crippen LogP contribution >= 0.6 is 11.6 Å². The summed E-state index contributed by atoms with van der Waals surface area (Å²) in [6.07, 6.45) is 2.22. The highest BCUT2D eigenvalue weighted by molar-refractivity contribution is 6.31. The van der Waals surface area contributed by atoms with Crippen molar-refractivity contribution in [2.24, 2.45) is 5.92 Å². The molecule has 3 rings (SSSR count). The highest BCUT2D eigenvalue weighted by atomic mass is 35.5. The first-order valence-electron chi connectivity index (χ1n) is 8.29. The fourth-order valence-electron chi connectivity index (χ4n) is 2.84. The molecule has 1 aliphatic heterocycles. The fourth-order valence-corrected chi connectivity index (χ4v) is 3.02. The van der Waals surface area contributed by atoms with Gasteiger partial charge in [0.15, 0.2) is 0 Å². The van der Waals surface area contributed by atoms with Gasteiger partial charge in [0, 0.05) is 24.8 Å². The number of nitrogens with zero attached hydrogens (tertiary/aromatic N) is 3. The highest BCUT2D eigenvalue weighted by Crippen LogP contribution is 2.23. The minimum Gasteiger partial charge on any atom is -0.356 e. The molecule has 0 spiro atoms. The van der Waals surface area contributed by atoms with Gasteiger partial charge in [-0.3, -0.25) is 4.79 Å². The Morgan fingerprint density at radius 2 is 2.00 bits per heavy atom. The molecule has 1 N–H and O–H groups in total. The quantitative estimate of drug-likeness (QED) is 0.894. The number of aromatic nitrogens is 2. The van der Waals surface area contributed by atoms with Gasteiger partial charge in [0.2, 0.25) is 0 Å². The van der Waals surface area contributed by atoms with E-state index < -0.39 is 5.82 Å². The zero-order chi connectivity index (χ0) is 18.0. The van der Waals surface area contributed by atoms with Gasteiger partial charge < -0.3 is 10.2 Å². The minimum absolute atomic E-state index is 0.0419. The maximum Gasteiger partial charge on any atom is 0.274 e. The van der Waals surface area contributed by atoms with Crippen LogP contribution in [0.1, 0.15) is 36.1 Å². The molecule has 1 amide bonds. The normalized spacial score (nSPS) is 15.3. The summed E-state index contributed by atoms with van der Waals surface area (Å²) >= 11 is 5.75. The molecule has 0 aliphatic carbocycles. The monoisotopic (exact) mass is 362 g/mol. The molecule has 1 aliphatic rings. The van der Waals surface area contributed by atoms with Crippen LogP contribution in [-0.4, -0.2) is 29.0 Å². The fraction of sp³-hybridized carbons (Fsp3) is 0.389. The van der Waals surface area contributed by atoms with Crippen molar-refractivity contribution < 1.29 is 9.18 Å². The molecule has 25 heavy (non-hydrogen) atoms. The van der Waals surface area contributed by atoms with E-state index in [4.69, 9.17) is 11.6 Å². The van der Waals surface area contributed by atoms with E-state index in [0.29, 0.717) is 17.4 Å². The van der Waals surface area contributed by atoms with E-state index >= 15 is 0 Å². The van der Waals surface area contributed by atoms with Crippen LogP contribution in [0.15, 0.2) is 24.3 Å². The lowest BCUT2D eigenvalue weighted by Gasteiger charge is -2.31. The first-order valence-corrected chi connectivity index (χ1v) is 8.67. The van der Waals surface area contributed by atoms with Crippen molar-refractivity contribution in [2.75, 3.05) is 23.3 Å². The lowest BCUT2D eigenvalue weighted by Crippen LogP contribution is -2.34. The Kier molecular flexibility index (Phi) is 5.18. The summed E-state index contributed by atoms with van der Waals surface area (Å²) in [5, 5.41) is 2.65. The van der Waals surface area contributed by atoms with Gasteiger partial charge in [0.05, 0.1) is 5.02 Å². The number of hydrogen-bond acceptors (Lipinski definition) is 4. The topological polar surface area (TPSA) is 58.1 Å². The third-order valence-corrected chi connectivity index (χ3v) is 4.63. The molecule has 7 heteroatoms. The third kappa shape index (κ3) is 4.25. The summed E-state index contributed by atoms with van der Waals surface area (Å²) in [6, 6.07) is 5.74. The minimum atomic E-state index is -0.529. The summed E-state index contributed by atoms with van der Waals surface area (Å²) in [4.78, 5) is 23.4. The molecule has 132 valence electrons. The number of carbonyl (C=O) groups excluding carboxylic acids is 1. The Balaban J connectivity index is 1.79. The van der Waals surface area contributed by atoms with Crippen LogP contribution in [0.4, 0.5) is 15.9 Å². The molecule has 0 bridgehead atoms. The lowest BCUT2D eigenvalue weighted by molar-refractivity contribution is 0.102. The van der Waals surface area contributed by atoms with Crippen LogP contribution in [0.3, 0.4) is 0 Å². The van der Waals surface area contributed by atoms with Gasteiger partial charge in [0.1, 0.15) is 23.2 Å².